The first kappa shape index (κ1) is 13.5. The fraction of sp³-hybridized carbons (Fsp3) is 0.0526. The third-order valence-electron chi connectivity index (χ3n) is 3.91. The number of aryl methyl sites for hydroxylation is 1. The maximum atomic E-state index is 10.1. The Morgan fingerprint density at radius 1 is 0.870 bits per heavy atom. The normalized spacial score (nSPS) is 11.7. The first-order valence-electron chi connectivity index (χ1n) is 7.42. The smallest absolute Gasteiger partial charge is 0.218 e. The quantitative estimate of drug-likeness (QED) is 0.455. The maximum absolute atomic E-state index is 10.1. The van der Waals surface area contributed by atoms with Crippen molar-refractivity contribution in [3.05, 3.63) is 66.2 Å². The van der Waals surface area contributed by atoms with Crippen LogP contribution in [0.5, 0.6) is 5.88 Å². The molecule has 1 heterocycles. The number of fused-ring (bicyclic) bond motifs is 2. The van der Waals surface area contributed by atoms with E-state index in [1.807, 2.05) is 61.5 Å². The van der Waals surface area contributed by atoms with E-state index in [-0.39, 0.29) is 5.88 Å². The van der Waals surface area contributed by atoms with Crippen LogP contribution in [0.25, 0.3) is 21.7 Å². The van der Waals surface area contributed by atoms with Crippen molar-refractivity contribution in [1.82, 2.24) is 4.98 Å². The van der Waals surface area contributed by atoms with Gasteiger partial charge in [0.05, 0.1) is 11.2 Å². The number of H-pyrrole nitrogens is 1. The van der Waals surface area contributed by atoms with Gasteiger partial charge >= 0.3 is 0 Å². The predicted molar refractivity (Wildman–Crippen MR) is 92.8 cm³/mol. The average Bonchev–Trinajstić information content (AvgIpc) is 2.87. The molecule has 0 fully saturated rings. The zero-order valence-corrected chi connectivity index (χ0v) is 12.6. The van der Waals surface area contributed by atoms with Crippen molar-refractivity contribution in [2.75, 3.05) is 0 Å². The molecule has 0 spiro atoms. The third-order valence-corrected chi connectivity index (χ3v) is 3.91. The van der Waals surface area contributed by atoms with Crippen molar-refractivity contribution in [2.24, 2.45) is 10.2 Å². The number of rotatable bonds is 2. The second-order valence-electron chi connectivity index (χ2n) is 5.60. The summed E-state index contributed by atoms with van der Waals surface area (Å²) in [5, 5.41) is 21.8. The van der Waals surface area contributed by atoms with E-state index >= 15 is 0 Å². The Balaban J connectivity index is 1.78. The Morgan fingerprint density at radius 3 is 2.57 bits per heavy atom. The highest BCUT2D eigenvalue weighted by Crippen LogP contribution is 2.36. The van der Waals surface area contributed by atoms with Crippen molar-refractivity contribution in [3.8, 4) is 5.88 Å². The van der Waals surface area contributed by atoms with Crippen molar-refractivity contribution in [1.29, 1.82) is 0 Å². The Labute approximate surface area is 133 Å². The summed E-state index contributed by atoms with van der Waals surface area (Å²) in [7, 11) is 0. The van der Waals surface area contributed by atoms with Gasteiger partial charge in [0.1, 0.15) is 0 Å². The highest BCUT2D eigenvalue weighted by Gasteiger charge is 2.10. The average molecular weight is 301 g/mol. The van der Waals surface area contributed by atoms with Crippen LogP contribution in [0.4, 0.5) is 11.4 Å². The lowest BCUT2D eigenvalue weighted by Gasteiger charge is -1.98. The molecule has 0 aliphatic rings. The van der Waals surface area contributed by atoms with Gasteiger partial charge < -0.3 is 10.1 Å². The summed E-state index contributed by atoms with van der Waals surface area (Å²) in [5.41, 5.74) is 3.18. The minimum Gasteiger partial charge on any atom is -0.493 e. The van der Waals surface area contributed by atoms with Gasteiger partial charge in [-0.15, -0.1) is 5.11 Å². The zero-order chi connectivity index (χ0) is 15.8. The molecule has 0 aliphatic heterocycles. The molecule has 23 heavy (non-hydrogen) atoms. The van der Waals surface area contributed by atoms with Gasteiger partial charge in [0, 0.05) is 5.39 Å². The Kier molecular flexibility index (Phi) is 3.08. The van der Waals surface area contributed by atoms with Crippen LogP contribution in [0.1, 0.15) is 5.56 Å². The SMILES string of the molecule is Cc1ccc2[nH]c(O)c(N=Nc3ccc4ccccc4c3)c2c1. The van der Waals surface area contributed by atoms with Gasteiger partial charge in [-0.25, -0.2) is 0 Å². The van der Waals surface area contributed by atoms with Crippen LogP contribution in [0.3, 0.4) is 0 Å². The fourth-order valence-corrected chi connectivity index (χ4v) is 2.73. The monoisotopic (exact) mass is 301 g/mol. The van der Waals surface area contributed by atoms with Crippen molar-refractivity contribution >= 4 is 33.1 Å². The molecular weight excluding hydrogens is 286 g/mol. The number of hydrogen-bond acceptors (Lipinski definition) is 3. The zero-order valence-electron chi connectivity index (χ0n) is 12.6. The number of aromatic amines is 1. The van der Waals surface area contributed by atoms with Gasteiger partial charge in [-0.3, -0.25) is 0 Å². The van der Waals surface area contributed by atoms with Gasteiger partial charge in [0.25, 0.3) is 0 Å². The van der Waals surface area contributed by atoms with Crippen molar-refractivity contribution in [2.45, 2.75) is 6.92 Å². The molecule has 0 atom stereocenters. The molecule has 3 aromatic carbocycles. The van der Waals surface area contributed by atoms with Gasteiger partial charge in [-0.05, 0) is 42.0 Å². The maximum Gasteiger partial charge on any atom is 0.218 e. The van der Waals surface area contributed by atoms with Crippen molar-refractivity contribution in [3.63, 3.8) is 0 Å². The largest absolute Gasteiger partial charge is 0.493 e. The standard InChI is InChI=1S/C19H15N3O/c1-12-6-9-17-16(10-12)18(19(23)20-17)22-21-15-8-7-13-4-2-3-5-14(13)11-15/h2-11,20,23H,1H3. The highest BCUT2D eigenvalue weighted by atomic mass is 16.3. The van der Waals surface area contributed by atoms with E-state index in [4.69, 9.17) is 0 Å². The first-order chi connectivity index (χ1) is 11.2. The lowest BCUT2D eigenvalue weighted by molar-refractivity contribution is 0.459. The minimum atomic E-state index is 0.0372. The molecule has 0 saturated heterocycles. The molecule has 0 saturated carbocycles. The van der Waals surface area contributed by atoms with E-state index in [1.54, 1.807) is 0 Å². The summed E-state index contributed by atoms with van der Waals surface area (Å²) in [6.45, 7) is 2.01. The number of aromatic hydroxyl groups is 1. The van der Waals surface area contributed by atoms with Crippen LogP contribution < -0.4 is 0 Å². The predicted octanol–water partition coefficient (Wildman–Crippen LogP) is 5.75. The summed E-state index contributed by atoms with van der Waals surface area (Å²) >= 11 is 0. The van der Waals surface area contributed by atoms with Gasteiger partial charge in [-0.2, -0.15) is 5.11 Å². The number of aromatic nitrogens is 1. The van der Waals surface area contributed by atoms with Crippen molar-refractivity contribution < 1.29 is 5.11 Å². The van der Waals surface area contributed by atoms with E-state index in [9.17, 15) is 5.11 Å². The molecule has 0 aliphatic carbocycles. The van der Waals surface area contributed by atoms with Crippen LogP contribution in [0.2, 0.25) is 0 Å². The Hall–Kier alpha value is -3.14. The Morgan fingerprint density at radius 2 is 1.70 bits per heavy atom. The molecule has 2 N–H and O–H groups in total. The Bertz CT molecular complexity index is 1050. The van der Waals surface area contributed by atoms with Gasteiger partial charge in [0.2, 0.25) is 5.88 Å². The highest BCUT2D eigenvalue weighted by molar-refractivity contribution is 5.94. The molecule has 4 aromatic rings. The summed E-state index contributed by atoms with van der Waals surface area (Å²) < 4.78 is 0. The second-order valence-corrected chi connectivity index (χ2v) is 5.60. The van der Waals surface area contributed by atoms with Crippen LogP contribution in [-0.4, -0.2) is 10.1 Å². The van der Waals surface area contributed by atoms with E-state index in [1.165, 1.54) is 0 Å². The lowest BCUT2D eigenvalue weighted by atomic mass is 10.1. The van der Waals surface area contributed by atoms with E-state index < -0.39 is 0 Å². The number of hydrogen-bond donors (Lipinski definition) is 2. The topological polar surface area (TPSA) is 60.7 Å². The molecule has 4 heteroatoms. The molecule has 1 aromatic heterocycles. The van der Waals surface area contributed by atoms with Crippen LogP contribution in [0.15, 0.2) is 70.9 Å². The van der Waals surface area contributed by atoms with E-state index in [2.05, 4.69) is 21.3 Å². The summed E-state index contributed by atoms with van der Waals surface area (Å²) in [6.07, 6.45) is 0. The van der Waals surface area contributed by atoms with Crippen LogP contribution in [0, 0.1) is 6.92 Å². The molecule has 112 valence electrons. The minimum absolute atomic E-state index is 0.0372. The molecule has 0 radical (unpaired) electrons. The molecule has 4 nitrogen and oxygen atoms in total. The number of azo groups is 1. The number of nitrogens with zero attached hydrogens (tertiary/aromatic N) is 2. The number of nitrogens with one attached hydrogen (secondary N) is 1. The number of benzene rings is 3. The first-order valence-corrected chi connectivity index (χ1v) is 7.42. The van der Waals surface area contributed by atoms with Crippen LogP contribution in [-0.2, 0) is 0 Å². The lowest BCUT2D eigenvalue weighted by Crippen LogP contribution is -1.72. The summed E-state index contributed by atoms with van der Waals surface area (Å²) in [4.78, 5) is 2.92. The molecule has 4 rings (SSSR count). The van der Waals surface area contributed by atoms with E-state index in [0.717, 1.165) is 32.9 Å². The van der Waals surface area contributed by atoms with Crippen LogP contribution >= 0.6 is 0 Å². The van der Waals surface area contributed by atoms with Gasteiger partial charge in [-0.1, -0.05) is 42.0 Å². The second kappa shape index (κ2) is 5.25. The molecule has 0 bridgehead atoms. The molecule has 0 unspecified atom stereocenters. The summed E-state index contributed by atoms with van der Waals surface area (Å²) in [6, 6.07) is 19.9. The third kappa shape index (κ3) is 2.44. The molecular formula is C19H15N3O. The molecule has 0 amide bonds. The fourth-order valence-electron chi connectivity index (χ4n) is 2.73. The van der Waals surface area contributed by atoms with Gasteiger partial charge in [0.15, 0.2) is 5.69 Å². The van der Waals surface area contributed by atoms with E-state index in [0.29, 0.717) is 5.69 Å². The summed E-state index contributed by atoms with van der Waals surface area (Å²) in [5.74, 6) is 0.0372.